The third-order valence-electron chi connectivity index (χ3n) is 4.08. The lowest BCUT2D eigenvalue weighted by atomic mass is 9.99. The molecule has 0 aliphatic heterocycles. The fourth-order valence-electron chi connectivity index (χ4n) is 3.01. The van der Waals surface area contributed by atoms with Crippen molar-refractivity contribution in [1.29, 1.82) is 0 Å². The minimum atomic E-state index is 0.217. The second kappa shape index (κ2) is 4.93. The highest BCUT2D eigenvalue weighted by molar-refractivity contribution is 5.72. The Labute approximate surface area is 118 Å². The van der Waals surface area contributed by atoms with Crippen molar-refractivity contribution in [1.82, 2.24) is 4.57 Å². The quantitative estimate of drug-likeness (QED) is 0.809. The first-order valence-corrected chi connectivity index (χ1v) is 6.88. The predicted molar refractivity (Wildman–Crippen MR) is 79.3 cm³/mol. The van der Waals surface area contributed by atoms with Gasteiger partial charge in [-0.05, 0) is 43.0 Å². The van der Waals surface area contributed by atoms with Gasteiger partial charge in [-0.2, -0.15) is 0 Å². The smallest absolute Gasteiger partial charge is 0.258 e. The lowest BCUT2D eigenvalue weighted by Crippen LogP contribution is -1.94. The van der Waals surface area contributed by atoms with Crippen LogP contribution in [0.15, 0.2) is 30.5 Å². The number of hydrogen-bond donors (Lipinski definition) is 2. The van der Waals surface area contributed by atoms with Crippen molar-refractivity contribution in [2.45, 2.75) is 31.6 Å². The van der Waals surface area contributed by atoms with Gasteiger partial charge in [0.1, 0.15) is 11.4 Å². The minimum absolute atomic E-state index is 0.217. The number of nitrogens with two attached hydrogens (primary N) is 1. The first-order valence-electron chi connectivity index (χ1n) is 6.88. The van der Waals surface area contributed by atoms with E-state index in [0.29, 0.717) is 17.4 Å². The van der Waals surface area contributed by atoms with Gasteiger partial charge < -0.3 is 15.7 Å². The fraction of sp³-hybridized carbons (Fsp3) is 0.312. The number of phenols is 1. The predicted octanol–water partition coefficient (Wildman–Crippen LogP) is 3.97. The zero-order valence-electron chi connectivity index (χ0n) is 11.2. The molecule has 3 N–H and O–H groups in total. The van der Waals surface area contributed by atoms with E-state index in [1.54, 1.807) is 24.3 Å². The summed E-state index contributed by atoms with van der Waals surface area (Å²) in [5.74, 6) is 1.17. The van der Waals surface area contributed by atoms with Gasteiger partial charge in [-0.1, -0.05) is 19.4 Å². The highest BCUT2D eigenvalue weighted by atomic mass is 16.3. The highest BCUT2D eigenvalue weighted by Crippen LogP contribution is 2.42. The first kappa shape index (κ1) is 12.6. The van der Waals surface area contributed by atoms with E-state index < -0.39 is 0 Å². The van der Waals surface area contributed by atoms with Crippen LogP contribution in [0.25, 0.3) is 10.5 Å². The molecule has 4 heteroatoms. The van der Waals surface area contributed by atoms with Crippen molar-refractivity contribution >= 4 is 11.5 Å². The van der Waals surface area contributed by atoms with Crippen LogP contribution in [-0.2, 0) is 0 Å². The van der Waals surface area contributed by atoms with E-state index >= 15 is 0 Å². The van der Waals surface area contributed by atoms with Crippen LogP contribution in [0.1, 0.15) is 37.2 Å². The maximum atomic E-state index is 9.37. The van der Waals surface area contributed by atoms with Crippen molar-refractivity contribution in [2.24, 2.45) is 0 Å². The molecule has 4 nitrogen and oxygen atoms in total. The molecule has 0 spiro atoms. The van der Waals surface area contributed by atoms with Crippen molar-refractivity contribution in [2.75, 3.05) is 5.73 Å². The van der Waals surface area contributed by atoms with Gasteiger partial charge in [0, 0.05) is 5.56 Å². The summed E-state index contributed by atoms with van der Waals surface area (Å²) in [5.41, 5.74) is 8.74. The van der Waals surface area contributed by atoms with Crippen LogP contribution in [-0.4, -0.2) is 9.67 Å². The third-order valence-corrected chi connectivity index (χ3v) is 4.08. The molecule has 0 amide bonds. The molecule has 0 atom stereocenters. The van der Waals surface area contributed by atoms with E-state index in [9.17, 15) is 5.11 Å². The summed E-state index contributed by atoms with van der Waals surface area (Å²) in [6.07, 6.45) is 6.78. The molecular weight excluding hydrogens is 250 g/mol. The number of anilines is 1. The van der Waals surface area contributed by atoms with Crippen LogP contribution in [0.2, 0.25) is 0 Å². The normalized spacial score (nSPS) is 15.3. The molecule has 0 radical (unpaired) electrons. The summed E-state index contributed by atoms with van der Waals surface area (Å²) < 4.78 is 1.83. The van der Waals surface area contributed by atoms with Gasteiger partial charge in [-0.25, -0.2) is 0 Å². The van der Waals surface area contributed by atoms with Gasteiger partial charge in [0.25, 0.3) is 5.82 Å². The van der Waals surface area contributed by atoms with Gasteiger partial charge in [0.15, 0.2) is 0 Å². The van der Waals surface area contributed by atoms with Crippen LogP contribution < -0.4 is 5.73 Å². The Morgan fingerprint density at radius 3 is 2.45 bits per heavy atom. The largest absolute Gasteiger partial charge is 0.508 e. The number of aromatic hydroxyl groups is 1. The average molecular weight is 267 g/mol. The van der Waals surface area contributed by atoms with Crippen LogP contribution in [0.4, 0.5) is 11.5 Å². The second-order valence-electron chi connectivity index (χ2n) is 5.30. The molecule has 1 heterocycles. The Morgan fingerprint density at radius 2 is 1.85 bits per heavy atom. The maximum absolute atomic E-state index is 9.37. The van der Waals surface area contributed by atoms with E-state index in [0.717, 1.165) is 24.1 Å². The lowest BCUT2D eigenvalue weighted by Gasteiger charge is -2.06. The van der Waals surface area contributed by atoms with E-state index in [2.05, 4.69) is 4.85 Å². The van der Waals surface area contributed by atoms with Crippen LogP contribution in [0.3, 0.4) is 0 Å². The van der Waals surface area contributed by atoms with Crippen LogP contribution in [0, 0.1) is 6.57 Å². The Balaban J connectivity index is 2.09. The molecule has 0 bridgehead atoms. The zero-order valence-corrected chi connectivity index (χ0v) is 11.2. The van der Waals surface area contributed by atoms with Gasteiger partial charge in [-0.3, -0.25) is 4.57 Å². The number of benzene rings is 1. The van der Waals surface area contributed by atoms with E-state index in [1.807, 2.05) is 10.8 Å². The molecule has 20 heavy (non-hydrogen) atoms. The third kappa shape index (κ3) is 2.01. The number of nitrogen functional groups attached to an aromatic ring is 1. The maximum Gasteiger partial charge on any atom is 0.258 e. The molecule has 3 rings (SSSR count). The van der Waals surface area contributed by atoms with E-state index in [1.165, 1.54) is 12.8 Å². The number of phenolic OH excluding ortho intramolecular Hbond substituents is 1. The standard InChI is InChI=1S/C16H17N3O/c1-18-16-15(17)14(11-4-2-3-5-11)10-19(16)12-6-8-13(20)9-7-12/h6-11,20H,2-5,17H2. The monoisotopic (exact) mass is 267 g/mol. The summed E-state index contributed by atoms with van der Waals surface area (Å²) in [4.78, 5) is 3.59. The molecule has 1 saturated carbocycles. The second-order valence-corrected chi connectivity index (χ2v) is 5.30. The molecule has 0 unspecified atom stereocenters. The van der Waals surface area contributed by atoms with Gasteiger partial charge in [0.05, 0.1) is 11.9 Å². The van der Waals surface area contributed by atoms with Crippen molar-refractivity contribution in [3.05, 3.63) is 47.4 Å². The van der Waals surface area contributed by atoms with Crippen LogP contribution in [0.5, 0.6) is 5.75 Å². The number of rotatable bonds is 2. The fourth-order valence-corrected chi connectivity index (χ4v) is 3.01. The van der Waals surface area contributed by atoms with Crippen molar-refractivity contribution < 1.29 is 5.11 Å². The number of aromatic nitrogens is 1. The van der Waals surface area contributed by atoms with Crippen molar-refractivity contribution in [3.8, 4) is 11.4 Å². The Bertz CT molecular complexity index is 658. The Kier molecular flexibility index (Phi) is 3.11. The van der Waals surface area contributed by atoms with Gasteiger partial charge in [-0.15, -0.1) is 0 Å². The first-order chi connectivity index (χ1) is 9.70. The molecular formula is C16H17N3O. The number of hydrogen-bond acceptors (Lipinski definition) is 2. The molecule has 1 aromatic carbocycles. The highest BCUT2D eigenvalue weighted by Gasteiger charge is 2.25. The number of nitrogens with zero attached hydrogens (tertiary/aromatic N) is 2. The van der Waals surface area contributed by atoms with Gasteiger partial charge in [0.2, 0.25) is 0 Å². The summed E-state index contributed by atoms with van der Waals surface area (Å²) in [7, 11) is 0. The SMILES string of the molecule is [C-]#[N+]c1c(N)c(C2CCCC2)cn1-c1ccc(O)cc1. The molecule has 102 valence electrons. The van der Waals surface area contributed by atoms with Gasteiger partial charge >= 0.3 is 0 Å². The summed E-state index contributed by atoms with van der Waals surface area (Å²) in [6.45, 7) is 7.38. The lowest BCUT2D eigenvalue weighted by molar-refractivity contribution is 0.475. The summed E-state index contributed by atoms with van der Waals surface area (Å²) >= 11 is 0. The zero-order chi connectivity index (χ0) is 14.1. The van der Waals surface area contributed by atoms with E-state index in [-0.39, 0.29) is 5.75 Å². The topological polar surface area (TPSA) is 55.5 Å². The Hall–Kier alpha value is -2.41. The van der Waals surface area contributed by atoms with Crippen molar-refractivity contribution in [3.63, 3.8) is 0 Å². The molecule has 1 fully saturated rings. The average Bonchev–Trinajstić information content (AvgIpc) is 3.07. The molecule has 0 saturated heterocycles. The Morgan fingerprint density at radius 1 is 1.20 bits per heavy atom. The summed E-state index contributed by atoms with van der Waals surface area (Å²) in [6, 6.07) is 6.83. The molecule has 1 aromatic heterocycles. The van der Waals surface area contributed by atoms with E-state index in [4.69, 9.17) is 12.3 Å². The minimum Gasteiger partial charge on any atom is -0.508 e. The van der Waals surface area contributed by atoms with Crippen LogP contribution >= 0.6 is 0 Å². The molecule has 1 aliphatic rings. The molecule has 1 aliphatic carbocycles. The molecule has 2 aromatic rings. The summed E-state index contributed by atoms with van der Waals surface area (Å²) in [5, 5.41) is 9.37.